The smallest absolute Gasteiger partial charge is 0.373 e. The van der Waals surface area contributed by atoms with E-state index in [1.165, 1.54) is 13.2 Å². The molecule has 0 fully saturated rings. The Bertz CT molecular complexity index is 1240. The number of carbonyl (C=O) groups excluding carboxylic acids is 3. The molecule has 1 aromatic carbocycles. The number of hydrogen-bond acceptors (Lipinski definition) is 6. The molecule has 2 N–H and O–H groups in total. The lowest BCUT2D eigenvalue weighted by atomic mass is 9.97. The van der Waals surface area contributed by atoms with Gasteiger partial charge in [0.2, 0.25) is 11.8 Å². The highest BCUT2D eigenvalue weighted by atomic mass is 35.5. The Morgan fingerprint density at radius 2 is 1.84 bits per heavy atom. The number of esters is 1. The summed E-state index contributed by atoms with van der Waals surface area (Å²) >= 11 is 5.90. The molecular weight excluding hydrogens is 568 g/mol. The molecule has 43 heavy (non-hydrogen) atoms. The largest absolute Gasteiger partial charge is 0.490 e. The summed E-state index contributed by atoms with van der Waals surface area (Å²) in [7, 11) is 3.07. The van der Waals surface area contributed by atoms with E-state index in [4.69, 9.17) is 25.8 Å². The predicted molar refractivity (Wildman–Crippen MR) is 170 cm³/mol. The summed E-state index contributed by atoms with van der Waals surface area (Å²) < 4.78 is 15.9. The van der Waals surface area contributed by atoms with Crippen LogP contribution in [-0.2, 0) is 35.0 Å². The van der Waals surface area contributed by atoms with Gasteiger partial charge in [-0.2, -0.15) is 0 Å². The van der Waals surface area contributed by atoms with E-state index in [1.807, 2.05) is 75.4 Å². The SMILES string of the molecule is COC1=CCC(C(C)C=C(C)C=CC=CC(=O)NC(Cc2ccccc2)C(=O)NC=CCC(CC=C(C)Cl)OC)OC1=O. The molecule has 0 bridgehead atoms. The average molecular weight is 611 g/mol. The summed E-state index contributed by atoms with van der Waals surface area (Å²) in [5, 5.41) is 6.27. The van der Waals surface area contributed by atoms with Gasteiger partial charge in [0.15, 0.2) is 5.76 Å². The van der Waals surface area contributed by atoms with Gasteiger partial charge in [-0.1, -0.05) is 90.9 Å². The maximum absolute atomic E-state index is 13.0. The highest BCUT2D eigenvalue weighted by Gasteiger charge is 2.27. The van der Waals surface area contributed by atoms with Gasteiger partial charge < -0.3 is 24.8 Å². The molecule has 0 aromatic heterocycles. The molecule has 2 amide bonds. The monoisotopic (exact) mass is 610 g/mol. The van der Waals surface area contributed by atoms with Crippen LogP contribution in [0.3, 0.4) is 0 Å². The first kappa shape index (κ1) is 35.3. The number of methoxy groups -OCH3 is 2. The van der Waals surface area contributed by atoms with E-state index in [2.05, 4.69) is 10.6 Å². The second-order valence-electron chi connectivity index (χ2n) is 10.2. The van der Waals surface area contributed by atoms with Gasteiger partial charge in [0, 0.05) is 37.0 Å². The predicted octanol–water partition coefficient (Wildman–Crippen LogP) is 5.82. The van der Waals surface area contributed by atoms with Crippen molar-refractivity contribution in [3.05, 3.63) is 107 Å². The van der Waals surface area contributed by atoms with Gasteiger partial charge >= 0.3 is 5.97 Å². The first-order valence-electron chi connectivity index (χ1n) is 14.3. The van der Waals surface area contributed by atoms with Gasteiger partial charge in [-0.3, -0.25) is 9.59 Å². The third-order valence-electron chi connectivity index (χ3n) is 6.70. The number of nitrogens with one attached hydrogen (secondary N) is 2. The maximum Gasteiger partial charge on any atom is 0.373 e. The number of benzene rings is 1. The van der Waals surface area contributed by atoms with Gasteiger partial charge in [-0.25, -0.2) is 4.79 Å². The summed E-state index contributed by atoms with van der Waals surface area (Å²) in [6, 6.07) is 8.72. The van der Waals surface area contributed by atoms with E-state index < -0.39 is 17.9 Å². The van der Waals surface area contributed by atoms with Crippen LogP contribution >= 0.6 is 11.6 Å². The van der Waals surface area contributed by atoms with Gasteiger partial charge in [-0.15, -0.1) is 0 Å². The Morgan fingerprint density at radius 1 is 1.12 bits per heavy atom. The number of hydrogen-bond donors (Lipinski definition) is 2. The van der Waals surface area contributed by atoms with Crippen LogP contribution in [0, 0.1) is 5.92 Å². The fourth-order valence-electron chi connectivity index (χ4n) is 4.29. The van der Waals surface area contributed by atoms with Crippen molar-refractivity contribution in [1.29, 1.82) is 0 Å². The molecule has 1 heterocycles. The number of ether oxygens (including phenoxy) is 3. The fourth-order valence-corrected chi connectivity index (χ4v) is 4.38. The van der Waals surface area contributed by atoms with Crippen LogP contribution in [-0.4, -0.2) is 50.3 Å². The van der Waals surface area contributed by atoms with Crippen LogP contribution in [0.5, 0.6) is 0 Å². The number of carbonyl (C=O) groups is 3. The summed E-state index contributed by atoms with van der Waals surface area (Å²) in [6.45, 7) is 5.72. The zero-order chi connectivity index (χ0) is 31.6. The zero-order valence-corrected chi connectivity index (χ0v) is 26.3. The maximum atomic E-state index is 13.0. The Labute approximate surface area is 260 Å². The minimum Gasteiger partial charge on any atom is -0.490 e. The minimum absolute atomic E-state index is 0.00565. The van der Waals surface area contributed by atoms with Crippen LogP contribution in [0.25, 0.3) is 0 Å². The third kappa shape index (κ3) is 13.8. The van der Waals surface area contributed by atoms with Crippen LogP contribution in [0.15, 0.2) is 102 Å². The highest BCUT2D eigenvalue weighted by molar-refractivity contribution is 6.29. The molecule has 1 aromatic rings. The van der Waals surface area contributed by atoms with Crippen molar-refractivity contribution in [1.82, 2.24) is 10.6 Å². The van der Waals surface area contributed by atoms with Crippen LogP contribution < -0.4 is 10.6 Å². The fraction of sp³-hybridized carbons (Fsp3) is 0.382. The molecule has 0 saturated heterocycles. The van der Waals surface area contributed by atoms with E-state index in [-0.39, 0.29) is 29.8 Å². The lowest BCUT2D eigenvalue weighted by molar-refractivity contribution is -0.151. The Morgan fingerprint density at radius 3 is 2.49 bits per heavy atom. The van der Waals surface area contributed by atoms with Gasteiger partial charge in [0.1, 0.15) is 12.1 Å². The van der Waals surface area contributed by atoms with E-state index in [0.29, 0.717) is 30.7 Å². The Hall–Kier alpha value is -3.88. The molecule has 232 valence electrons. The summed E-state index contributed by atoms with van der Waals surface area (Å²) in [6.07, 6.45) is 17.5. The molecule has 0 radical (unpaired) electrons. The molecule has 4 atom stereocenters. The number of rotatable bonds is 16. The lowest BCUT2D eigenvalue weighted by Gasteiger charge is -2.25. The number of amides is 2. The van der Waals surface area contributed by atoms with Crippen LogP contribution in [0.1, 0.15) is 45.6 Å². The molecule has 1 aliphatic rings. The highest BCUT2D eigenvalue weighted by Crippen LogP contribution is 2.22. The molecule has 8 nitrogen and oxygen atoms in total. The lowest BCUT2D eigenvalue weighted by Crippen LogP contribution is -2.46. The van der Waals surface area contributed by atoms with E-state index in [1.54, 1.807) is 31.5 Å². The molecule has 0 aliphatic carbocycles. The molecule has 4 unspecified atom stereocenters. The summed E-state index contributed by atoms with van der Waals surface area (Å²) in [5.41, 5.74) is 1.87. The molecule has 0 saturated carbocycles. The van der Waals surface area contributed by atoms with Crippen molar-refractivity contribution in [2.24, 2.45) is 5.92 Å². The van der Waals surface area contributed by atoms with Crippen molar-refractivity contribution in [2.75, 3.05) is 14.2 Å². The van der Waals surface area contributed by atoms with Gasteiger partial charge in [0.25, 0.3) is 0 Å². The van der Waals surface area contributed by atoms with Gasteiger partial charge in [-0.05, 0) is 44.5 Å². The first-order valence-corrected chi connectivity index (χ1v) is 14.6. The molecule has 1 aliphatic heterocycles. The molecule has 9 heteroatoms. The minimum atomic E-state index is -0.776. The quantitative estimate of drug-likeness (QED) is 0.139. The van der Waals surface area contributed by atoms with Crippen molar-refractivity contribution in [2.45, 2.75) is 64.7 Å². The molecule has 0 spiro atoms. The summed E-state index contributed by atoms with van der Waals surface area (Å²) in [4.78, 5) is 37.6. The van der Waals surface area contributed by atoms with E-state index in [9.17, 15) is 14.4 Å². The Kier molecular flexibility index (Phi) is 15.9. The van der Waals surface area contributed by atoms with Crippen molar-refractivity contribution in [3.8, 4) is 0 Å². The van der Waals surface area contributed by atoms with Gasteiger partial charge in [0.05, 0.1) is 13.2 Å². The van der Waals surface area contributed by atoms with E-state index in [0.717, 1.165) is 11.1 Å². The van der Waals surface area contributed by atoms with Crippen molar-refractivity contribution >= 4 is 29.4 Å². The number of halogens is 1. The average Bonchev–Trinajstić information content (AvgIpc) is 2.98. The molecule has 2 rings (SSSR count). The first-order chi connectivity index (χ1) is 20.6. The topological polar surface area (TPSA) is 103 Å². The third-order valence-corrected chi connectivity index (χ3v) is 6.85. The second kappa shape index (κ2) is 19.3. The second-order valence-corrected chi connectivity index (χ2v) is 10.8. The molecular formula is C34H43ClN2O6. The normalized spacial score (nSPS) is 18.3. The number of cyclic esters (lactones) is 1. The number of allylic oxidation sites excluding steroid dienone is 5. The van der Waals surface area contributed by atoms with E-state index >= 15 is 0 Å². The Balaban J connectivity index is 1.95. The standard InChI is InChI=1S/C34H43ClN2O6/c1-24(22-25(2)30-19-20-31(42-5)34(40)43-30)12-9-10-16-32(38)37-29(23-27-13-7-6-8-14-27)33(39)36-21-11-15-28(41-4)18-17-26(3)35/h6-14,16-17,20-22,25,28-30H,15,18-19,23H2,1-5H3,(H,36,39)(H,37,38). The van der Waals surface area contributed by atoms with Crippen LogP contribution in [0.2, 0.25) is 0 Å². The zero-order valence-electron chi connectivity index (χ0n) is 25.5. The van der Waals surface area contributed by atoms with Crippen LogP contribution in [0.4, 0.5) is 0 Å². The van der Waals surface area contributed by atoms with Crippen molar-refractivity contribution < 1.29 is 28.6 Å². The summed E-state index contributed by atoms with van der Waals surface area (Å²) in [5.74, 6) is -0.950. The van der Waals surface area contributed by atoms with Crippen molar-refractivity contribution in [3.63, 3.8) is 0 Å².